The lowest BCUT2D eigenvalue weighted by atomic mass is 9.93. The molecule has 0 bridgehead atoms. The fourth-order valence-electron chi connectivity index (χ4n) is 2.75. The fraction of sp³-hybridized carbons (Fsp3) is 0.571. The Morgan fingerprint density at radius 1 is 1.32 bits per heavy atom. The maximum atomic E-state index is 10.4. The van der Waals surface area contributed by atoms with Gasteiger partial charge in [-0.05, 0) is 11.1 Å². The van der Waals surface area contributed by atoms with Gasteiger partial charge in [0.15, 0.2) is 6.29 Å². The van der Waals surface area contributed by atoms with Gasteiger partial charge in [-0.15, -0.1) is 0 Å². The van der Waals surface area contributed by atoms with Gasteiger partial charge in [-0.1, -0.05) is 37.0 Å². The molecule has 0 amide bonds. The van der Waals surface area contributed by atoms with Gasteiger partial charge in [0, 0.05) is 5.56 Å². The monoisotopic (exact) mass is 280 g/mol. The summed E-state index contributed by atoms with van der Waals surface area (Å²) in [6.07, 6.45) is -1.80. The summed E-state index contributed by atoms with van der Waals surface area (Å²) in [6, 6.07) is 4.28. The minimum atomic E-state index is -1.45. The standard InChI is InChI=1S/C14H20O4Si/c1-19(2,3)9-4-8-7-17-14-12(8)10(5-9)13(16)11(6-15)18-14/h4-5,11,13-16H,6-7H2,1-3H3/t11-,13+,14+/m1/s1. The van der Waals surface area contributed by atoms with Crippen molar-refractivity contribution in [3.63, 3.8) is 0 Å². The SMILES string of the molecule is C[Si](C)(C)c1cc2c3c(c1)[C@H](O)[C@@H](CO)O[C@@H]3OC2. The van der Waals surface area contributed by atoms with Gasteiger partial charge in [-0.2, -0.15) is 0 Å². The molecule has 104 valence electrons. The summed E-state index contributed by atoms with van der Waals surface area (Å²) in [5, 5.41) is 21.0. The van der Waals surface area contributed by atoms with E-state index in [-0.39, 0.29) is 6.61 Å². The molecule has 0 unspecified atom stereocenters. The molecule has 3 rings (SSSR count). The molecule has 4 nitrogen and oxygen atoms in total. The van der Waals surface area contributed by atoms with Crippen LogP contribution in [0, 0.1) is 0 Å². The van der Waals surface area contributed by atoms with Crippen LogP contribution in [0.5, 0.6) is 0 Å². The van der Waals surface area contributed by atoms with Gasteiger partial charge in [0.05, 0.1) is 21.3 Å². The van der Waals surface area contributed by atoms with Crippen LogP contribution in [0.25, 0.3) is 0 Å². The number of rotatable bonds is 2. The largest absolute Gasteiger partial charge is 0.394 e. The third-order valence-electron chi connectivity index (χ3n) is 3.94. The lowest BCUT2D eigenvalue weighted by Gasteiger charge is -2.33. The van der Waals surface area contributed by atoms with E-state index in [1.54, 1.807) is 0 Å². The average molecular weight is 280 g/mol. The van der Waals surface area contributed by atoms with Crippen LogP contribution >= 0.6 is 0 Å². The van der Waals surface area contributed by atoms with E-state index >= 15 is 0 Å². The molecule has 2 N–H and O–H groups in total. The molecule has 3 atom stereocenters. The van der Waals surface area contributed by atoms with Crippen molar-refractivity contribution in [2.45, 2.75) is 44.7 Å². The Bertz CT molecular complexity index is 509. The summed E-state index contributed by atoms with van der Waals surface area (Å²) in [6.45, 7) is 7.17. The topological polar surface area (TPSA) is 58.9 Å². The van der Waals surface area contributed by atoms with Crippen molar-refractivity contribution < 1.29 is 19.7 Å². The van der Waals surface area contributed by atoms with E-state index in [0.29, 0.717) is 6.61 Å². The third kappa shape index (κ3) is 2.06. The molecule has 2 aliphatic rings. The predicted molar refractivity (Wildman–Crippen MR) is 73.9 cm³/mol. The van der Waals surface area contributed by atoms with E-state index in [2.05, 4.69) is 31.8 Å². The number of hydrogen-bond donors (Lipinski definition) is 2. The summed E-state index contributed by atoms with van der Waals surface area (Å²) < 4.78 is 11.2. The lowest BCUT2D eigenvalue weighted by molar-refractivity contribution is -0.211. The lowest BCUT2D eigenvalue weighted by Crippen LogP contribution is -2.40. The van der Waals surface area contributed by atoms with Gasteiger partial charge in [0.1, 0.15) is 12.2 Å². The number of aliphatic hydroxyl groups excluding tert-OH is 2. The Morgan fingerprint density at radius 3 is 2.68 bits per heavy atom. The Morgan fingerprint density at radius 2 is 2.05 bits per heavy atom. The van der Waals surface area contributed by atoms with Gasteiger partial charge in [-0.3, -0.25) is 0 Å². The van der Waals surface area contributed by atoms with Crippen LogP contribution < -0.4 is 5.19 Å². The molecule has 19 heavy (non-hydrogen) atoms. The zero-order chi connectivity index (χ0) is 13.8. The van der Waals surface area contributed by atoms with Crippen LogP contribution in [0.1, 0.15) is 29.1 Å². The van der Waals surface area contributed by atoms with Gasteiger partial charge >= 0.3 is 0 Å². The van der Waals surface area contributed by atoms with E-state index < -0.39 is 26.6 Å². The summed E-state index contributed by atoms with van der Waals surface area (Å²) in [4.78, 5) is 0. The van der Waals surface area contributed by atoms with Crippen molar-refractivity contribution in [2.75, 3.05) is 6.61 Å². The van der Waals surface area contributed by atoms with Gasteiger partial charge in [0.25, 0.3) is 0 Å². The zero-order valence-electron chi connectivity index (χ0n) is 11.5. The second-order valence-electron chi connectivity index (χ2n) is 6.33. The highest BCUT2D eigenvalue weighted by Crippen LogP contribution is 2.43. The first kappa shape index (κ1) is 13.3. The van der Waals surface area contributed by atoms with E-state index in [1.807, 2.05) is 0 Å². The maximum absolute atomic E-state index is 10.4. The molecule has 0 aromatic heterocycles. The van der Waals surface area contributed by atoms with Crippen LogP contribution in [-0.4, -0.2) is 31.0 Å². The first-order chi connectivity index (χ1) is 8.91. The van der Waals surface area contributed by atoms with E-state index in [0.717, 1.165) is 16.7 Å². The summed E-state index contributed by atoms with van der Waals surface area (Å²) in [5.74, 6) is 0. The molecular formula is C14H20O4Si. The Balaban J connectivity index is 2.14. The fourth-order valence-corrected chi connectivity index (χ4v) is 3.95. The van der Waals surface area contributed by atoms with Crippen LogP contribution in [0.4, 0.5) is 0 Å². The number of aliphatic hydroxyl groups is 2. The minimum Gasteiger partial charge on any atom is -0.394 e. The molecular weight excluding hydrogens is 260 g/mol. The maximum Gasteiger partial charge on any atom is 0.185 e. The molecule has 1 aromatic carbocycles. The predicted octanol–water partition coefficient (Wildman–Crippen LogP) is 1.19. The molecule has 0 fully saturated rings. The van der Waals surface area contributed by atoms with E-state index in [9.17, 15) is 10.2 Å². The summed E-state index contributed by atoms with van der Waals surface area (Å²) in [7, 11) is -1.45. The third-order valence-corrected chi connectivity index (χ3v) is 5.96. The van der Waals surface area contributed by atoms with Gasteiger partial charge in [-0.25, -0.2) is 0 Å². The number of benzene rings is 1. The second kappa shape index (κ2) is 4.39. The smallest absolute Gasteiger partial charge is 0.185 e. The molecule has 0 aliphatic carbocycles. The average Bonchev–Trinajstić information content (AvgIpc) is 2.76. The Kier molecular flexibility index (Phi) is 3.07. The summed E-state index contributed by atoms with van der Waals surface area (Å²) in [5.41, 5.74) is 2.97. The highest BCUT2D eigenvalue weighted by molar-refractivity contribution is 6.88. The molecule has 0 saturated carbocycles. The Hall–Kier alpha value is -0.723. The van der Waals surface area contributed by atoms with Crippen molar-refractivity contribution in [1.29, 1.82) is 0 Å². The quantitative estimate of drug-likeness (QED) is 0.799. The van der Waals surface area contributed by atoms with Crippen LogP contribution in [-0.2, 0) is 16.1 Å². The van der Waals surface area contributed by atoms with Crippen LogP contribution in [0.15, 0.2) is 12.1 Å². The number of hydrogen-bond acceptors (Lipinski definition) is 4. The minimum absolute atomic E-state index is 0.201. The van der Waals surface area contributed by atoms with Gasteiger partial charge in [0.2, 0.25) is 0 Å². The van der Waals surface area contributed by atoms with Gasteiger partial charge < -0.3 is 19.7 Å². The zero-order valence-corrected chi connectivity index (χ0v) is 12.5. The van der Waals surface area contributed by atoms with Crippen molar-refractivity contribution in [1.82, 2.24) is 0 Å². The van der Waals surface area contributed by atoms with Crippen molar-refractivity contribution in [2.24, 2.45) is 0 Å². The van der Waals surface area contributed by atoms with E-state index in [1.165, 1.54) is 5.19 Å². The highest BCUT2D eigenvalue weighted by Gasteiger charge is 2.40. The highest BCUT2D eigenvalue weighted by atomic mass is 28.3. The van der Waals surface area contributed by atoms with Crippen molar-refractivity contribution in [3.8, 4) is 0 Å². The first-order valence-corrected chi connectivity index (χ1v) is 10.1. The molecule has 0 radical (unpaired) electrons. The molecule has 1 aromatic rings. The molecule has 0 spiro atoms. The van der Waals surface area contributed by atoms with Crippen LogP contribution in [0.3, 0.4) is 0 Å². The van der Waals surface area contributed by atoms with Crippen LogP contribution in [0.2, 0.25) is 19.6 Å². The molecule has 0 saturated heterocycles. The second-order valence-corrected chi connectivity index (χ2v) is 11.4. The molecule has 5 heteroatoms. The van der Waals surface area contributed by atoms with Crippen molar-refractivity contribution >= 4 is 13.3 Å². The summed E-state index contributed by atoms with van der Waals surface area (Å²) >= 11 is 0. The normalized spacial score (nSPS) is 29.4. The molecule has 2 heterocycles. The Labute approximate surface area is 114 Å². The van der Waals surface area contributed by atoms with Crippen molar-refractivity contribution in [3.05, 3.63) is 28.8 Å². The number of ether oxygens (including phenoxy) is 2. The molecule has 2 aliphatic heterocycles. The first-order valence-electron chi connectivity index (χ1n) is 6.65. The van der Waals surface area contributed by atoms with E-state index in [4.69, 9.17) is 9.47 Å².